The summed E-state index contributed by atoms with van der Waals surface area (Å²) in [6, 6.07) is 7.66. The molecule has 0 heterocycles. The molecule has 0 nitrogen and oxygen atoms in total. The Morgan fingerprint density at radius 1 is 0.676 bits per heavy atom. The maximum absolute atomic E-state index is 14.8. The molecule has 0 radical (unpaired) electrons. The highest BCUT2D eigenvalue weighted by Gasteiger charge is 2.31. The number of halogens is 3. The molecular weight excluding hydrogens is 429 g/mol. The quantitative estimate of drug-likeness (QED) is 0.413. The average molecular weight is 475 g/mol. The van der Waals surface area contributed by atoms with Crippen molar-refractivity contribution in [3.8, 4) is 11.1 Å². The van der Waals surface area contributed by atoms with Gasteiger partial charge in [-0.15, -0.1) is 0 Å². The summed E-state index contributed by atoms with van der Waals surface area (Å²) in [6.45, 7) is 11.7. The molecule has 2 aliphatic carbocycles. The molecule has 2 aliphatic rings. The highest BCUT2D eigenvalue weighted by atomic mass is 19.1. The van der Waals surface area contributed by atoms with E-state index in [-0.39, 0.29) is 16.7 Å². The van der Waals surface area contributed by atoms with E-state index in [1.165, 1.54) is 64.0 Å². The third-order valence-corrected chi connectivity index (χ3v) is 7.96. The van der Waals surface area contributed by atoms with Crippen LogP contribution in [0.2, 0.25) is 0 Å². The maximum atomic E-state index is 14.8. The molecule has 2 saturated carbocycles. The Morgan fingerprint density at radius 2 is 1.18 bits per heavy atom. The highest BCUT2D eigenvalue weighted by molar-refractivity contribution is 5.65. The van der Waals surface area contributed by atoms with E-state index < -0.39 is 17.5 Å². The van der Waals surface area contributed by atoms with E-state index in [0.717, 1.165) is 36.2 Å². The predicted molar refractivity (Wildman–Crippen MR) is 140 cm³/mol. The summed E-state index contributed by atoms with van der Waals surface area (Å²) in [7, 11) is 0. The van der Waals surface area contributed by atoms with E-state index in [1.807, 2.05) is 33.8 Å². The van der Waals surface area contributed by atoms with E-state index in [2.05, 4.69) is 6.92 Å². The molecule has 0 amide bonds. The predicted octanol–water partition coefficient (Wildman–Crippen LogP) is 10.6. The van der Waals surface area contributed by atoms with Gasteiger partial charge in [0, 0.05) is 11.1 Å². The molecule has 0 aromatic heterocycles. The normalized spacial score (nSPS) is 24.4. The summed E-state index contributed by atoms with van der Waals surface area (Å²) in [5, 5.41) is 0. The lowest BCUT2D eigenvalue weighted by atomic mass is 9.68. The van der Waals surface area contributed by atoms with Gasteiger partial charge in [-0.25, -0.2) is 13.2 Å². The van der Waals surface area contributed by atoms with Crippen LogP contribution in [-0.2, 0) is 0 Å². The van der Waals surface area contributed by atoms with Crippen LogP contribution in [0.4, 0.5) is 13.2 Å². The molecular formula is C31H45F3. The van der Waals surface area contributed by atoms with E-state index in [1.54, 1.807) is 12.1 Å². The van der Waals surface area contributed by atoms with Crippen molar-refractivity contribution >= 4 is 0 Å². The number of hydrogen-bond donors (Lipinski definition) is 0. The Bertz CT molecular complexity index is 849. The molecule has 190 valence electrons. The minimum Gasteiger partial charge on any atom is -0.207 e. The molecule has 34 heavy (non-hydrogen) atoms. The lowest BCUT2D eigenvalue weighted by molar-refractivity contribution is 0.158. The van der Waals surface area contributed by atoms with E-state index in [9.17, 15) is 13.2 Å². The Morgan fingerprint density at radius 3 is 1.65 bits per heavy atom. The van der Waals surface area contributed by atoms with Crippen molar-refractivity contribution in [2.75, 3.05) is 0 Å². The zero-order valence-electron chi connectivity index (χ0n) is 22.2. The lowest BCUT2D eigenvalue weighted by Gasteiger charge is -2.38. The first-order chi connectivity index (χ1) is 16.5. The van der Waals surface area contributed by atoms with Crippen LogP contribution < -0.4 is 0 Å². The van der Waals surface area contributed by atoms with Crippen LogP contribution in [0, 0.1) is 42.1 Å². The second kappa shape index (κ2) is 14.0. The van der Waals surface area contributed by atoms with E-state index >= 15 is 0 Å². The van der Waals surface area contributed by atoms with Crippen LogP contribution in [-0.4, -0.2) is 0 Å². The van der Waals surface area contributed by atoms with Crippen molar-refractivity contribution in [1.29, 1.82) is 0 Å². The van der Waals surface area contributed by atoms with Crippen molar-refractivity contribution in [2.45, 2.75) is 105 Å². The summed E-state index contributed by atoms with van der Waals surface area (Å²) in [4.78, 5) is 0. The molecule has 0 aliphatic heterocycles. The first-order valence-electron chi connectivity index (χ1n) is 13.7. The van der Waals surface area contributed by atoms with E-state index in [0.29, 0.717) is 5.92 Å². The van der Waals surface area contributed by atoms with Gasteiger partial charge in [-0.05, 0) is 98.4 Å². The van der Waals surface area contributed by atoms with Crippen LogP contribution in [0.5, 0.6) is 0 Å². The topological polar surface area (TPSA) is 0 Å². The van der Waals surface area contributed by atoms with Crippen molar-refractivity contribution < 1.29 is 13.2 Å². The van der Waals surface area contributed by atoms with Crippen molar-refractivity contribution in [2.24, 2.45) is 17.8 Å². The molecule has 4 rings (SSSR count). The second-order valence-electron chi connectivity index (χ2n) is 9.60. The van der Waals surface area contributed by atoms with Gasteiger partial charge in [-0.2, -0.15) is 0 Å². The fraction of sp³-hybridized carbons (Fsp3) is 0.613. The molecule has 0 spiro atoms. The third-order valence-electron chi connectivity index (χ3n) is 7.96. The summed E-state index contributed by atoms with van der Waals surface area (Å²) in [6.07, 6.45) is 11.6. The number of hydrogen-bond acceptors (Lipinski definition) is 0. The standard InChI is InChI=1S/C27H33F3.2C2H6/c1-3-18-4-6-19(7-5-18)20-8-10-21(11-9-20)22-12-13-24(27(30)14-22)23-15-25(28)17(2)26(29)16-23;2*1-2/h12-16,18-21H,3-11H2,1-2H3;2*1-2H3. The molecule has 2 aromatic rings. The van der Waals surface area contributed by atoms with Crippen LogP contribution in [0.1, 0.15) is 109 Å². The summed E-state index contributed by atoms with van der Waals surface area (Å²) in [5.74, 6) is 1.38. The average Bonchev–Trinajstić information content (AvgIpc) is 2.89. The van der Waals surface area contributed by atoms with Gasteiger partial charge < -0.3 is 0 Å². The van der Waals surface area contributed by atoms with Crippen molar-refractivity contribution in [1.82, 2.24) is 0 Å². The minimum absolute atomic E-state index is 0.0317. The zero-order valence-corrected chi connectivity index (χ0v) is 22.2. The van der Waals surface area contributed by atoms with Gasteiger partial charge in [-0.3, -0.25) is 0 Å². The van der Waals surface area contributed by atoms with Gasteiger partial charge in [0.2, 0.25) is 0 Å². The molecule has 0 N–H and O–H groups in total. The van der Waals surface area contributed by atoms with Crippen LogP contribution in [0.25, 0.3) is 11.1 Å². The van der Waals surface area contributed by atoms with E-state index in [4.69, 9.17) is 0 Å². The van der Waals surface area contributed by atoms with Gasteiger partial charge in [-0.1, -0.05) is 66.0 Å². The number of rotatable bonds is 4. The monoisotopic (exact) mass is 474 g/mol. The van der Waals surface area contributed by atoms with Crippen molar-refractivity contribution in [3.05, 3.63) is 58.9 Å². The smallest absolute Gasteiger partial charge is 0.131 e. The Kier molecular flexibility index (Phi) is 11.7. The Labute approximate surface area is 206 Å². The second-order valence-corrected chi connectivity index (χ2v) is 9.60. The first-order valence-corrected chi connectivity index (χ1v) is 13.7. The molecule has 0 saturated heterocycles. The molecule has 3 heteroatoms. The van der Waals surface area contributed by atoms with Gasteiger partial charge in [0.25, 0.3) is 0 Å². The largest absolute Gasteiger partial charge is 0.207 e. The minimum atomic E-state index is -0.639. The SMILES string of the molecule is CC.CC.CCC1CCC(C2CCC(c3ccc(-c4cc(F)c(C)c(F)c4)c(F)c3)CC2)CC1. The summed E-state index contributed by atoms with van der Waals surface area (Å²) < 4.78 is 42.6. The highest BCUT2D eigenvalue weighted by Crippen LogP contribution is 2.44. The Hall–Kier alpha value is -1.77. The fourth-order valence-corrected chi connectivity index (χ4v) is 5.81. The van der Waals surface area contributed by atoms with Gasteiger partial charge in [0.15, 0.2) is 0 Å². The molecule has 0 atom stereocenters. The molecule has 2 aromatic carbocycles. The maximum Gasteiger partial charge on any atom is 0.131 e. The lowest BCUT2D eigenvalue weighted by Crippen LogP contribution is -2.25. The first kappa shape index (κ1) is 28.5. The van der Waals surface area contributed by atoms with Crippen LogP contribution >= 0.6 is 0 Å². The van der Waals surface area contributed by atoms with Crippen molar-refractivity contribution in [3.63, 3.8) is 0 Å². The van der Waals surface area contributed by atoms with Gasteiger partial charge >= 0.3 is 0 Å². The Balaban J connectivity index is 0.000000970. The van der Waals surface area contributed by atoms with Crippen LogP contribution in [0.3, 0.4) is 0 Å². The molecule has 0 bridgehead atoms. The molecule has 0 unspecified atom stereocenters. The third kappa shape index (κ3) is 6.89. The summed E-state index contributed by atoms with van der Waals surface area (Å²) >= 11 is 0. The molecule has 2 fully saturated rings. The van der Waals surface area contributed by atoms with Gasteiger partial charge in [0.05, 0.1) is 0 Å². The number of benzene rings is 2. The van der Waals surface area contributed by atoms with Crippen LogP contribution in [0.15, 0.2) is 30.3 Å². The fourth-order valence-electron chi connectivity index (χ4n) is 5.81. The summed E-state index contributed by atoms with van der Waals surface area (Å²) in [5.41, 5.74) is 1.51. The zero-order chi connectivity index (χ0) is 25.3. The van der Waals surface area contributed by atoms with Gasteiger partial charge in [0.1, 0.15) is 17.5 Å².